The molecule has 1 aliphatic rings. The minimum Gasteiger partial charge on any atom is -0.469 e. The van der Waals surface area contributed by atoms with E-state index in [2.05, 4.69) is 20.1 Å². The zero-order valence-corrected chi connectivity index (χ0v) is 11.5. The first-order chi connectivity index (χ1) is 9.15. The third kappa shape index (κ3) is 6.17. The van der Waals surface area contributed by atoms with Crippen molar-refractivity contribution in [3.05, 3.63) is 21.4 Å². The molecule has 19 heavy (non-hydrogen) atoms. The van der Waals surface area contributed by atoms with Gasteiger partial charge in [-0.25, -0.2) is 0 Å². The Morgan fingerprint density at radius 1 is 1.63 bits per heavy atom. The minimum absolute atomic E-state index is 0.0846. The summed E-state index contributed by atoms with van der Waals surface area (Å²) in [5.41, 5.74) is 8.11. The largest absolute Gasteiger partial charge is 0.469 e. The van der Waals surface area contributed by atoms with Gasteiger partial charge in [-0.1, -0.05) is 6.08 Å². The van der Waals surface area contributed by atoms with Crippen molar-refractivity contribution < 1.29 is 14.3 Å². The fourth-order valence-electron chi connectivity index (χ4n) is 1.65. The first-order valence-electron chi connectivity index (χ1n) is 5.91. The standard InChI is InChI=1S/C11H16N4O3S/c1-18-10(16)5-3-2-4-9-6-8(7-19-9)13-11(17)14-15-12/h6,8H,2-5,7H2,1H3,(H,13,17)/t8-/m1/s1. The number of methoxy groups -OCH3 is 1. The summed E-state index contributed by atoms with van der Waals surface area (Å²) in [6.45, 7) is 0. The average molecular weight is 284 g/mol. The van der Waals surface area contributed by atoms with Crippen molar-refractivity contribution in [1.82, 2.24) is 5.32 Å². The molecule has 0 unspecified atom stereocenters. The van der Waals surface area contributed by atoms with Crippen molar-refractivity contribution in [3.63, 3.8) is 0 Å². The number of carbonyl (C=O) groups excluding carboxylic acids is 2. The highest BCUT2D eigenvalue weighted by Gasteiger charge is 2.17. The number of thioether (sulfide) groups is 1. The van der Waals surface area contributed by atoms with Crippen molar-refractivity contribution in [3.8, 4) is 0 Å². The van der Waals surface area contributed by atoms with Gasteiger partial charge in [0.2, 0.25) is 0 Å². The van der Waals surface area contributed by atoms with Gasteiger partial charge in [0, 0.05) is 22.2 Å². The normalized spacial score (nSPS) is 17.3. The van der Waals surface area contributed by atoms with Crippen LogP contribution in [0.2, 0.25) is 0 Å². The van der Waals surface area contributed by atoms with Crippen LogP contribution >= 0.6 is 11.8 Å². The van der Waals surface area contributed by atoms with Crippen LogP contribution in [0.4, 0.5) is 4.79 Å². The fraction of sp³-hybridized carbons (Fsp3) is 0.636. The van der Waals surface area contributed by atoms with E-state index in [1.807, 2.05) is 6.08 Å². The Kier molecular flexibility index (Phi) is 6.84. The summed E-state index contributed by atoms with van der Waals surface area (Å²) >= 11 is 1.67. The van der Waals surface area contributed by atoms with E-state index in [1.165, 1.54) is 12.0 Å². The Balaban J connectivity index is 2.23. The molecule has 0 fully saturated rings. The number of urea groups is 1. The molecule has 0 aromatic rings. The molecule has 1 rings (SSSR count). The van der Waals surface area contributed by atoms with Crippen LogP contribution in [0.15, 0.2) is 16.1 Å². The highest BCUT2D eigenvalue weighted by atomic mass is 32.2. The van der Waals surface area contributed by atoms with Gasteiger partial charge in [0.15, 0.2) is 0 Å². The van der Waals surface area contributed by atoms with Crippen LogP contribution < -0.4 is 5.32 Å². The van der Waals surface area contributed by atoms with E-state index >= 15 is 0 Å². The van der Waals surface area contributed by atoms with Crippen molar-refractivity contribution >= 4 is 23.8 Å². The molecule has 0 bridgehead atoms. The van der Waals surface area contributed by atoms with Gasteiger partial charge >= 0.3 is 12.0 Å². The predicted octanol–water partition coefficient (Wildman–Crippen LogP) is 2.74. The molecule has 104 valence electrons. The van der Waals surface area contributed by atoms with Crippen molar-refractivity contribution in [2.24, 2.45) is 5.11 Å². The minimum atomic E-state index is -0.656. The Morgan fingerprint density at radius 3 is 3.11 bits per heavy atom. The zero-order chi connectivity index (χ0) is 14.1. The van der Waals surface area contributed by atoms with Gasteiger partial charge in [-0.15, -0.1) is 11.8 Å². The molecule has 1 atom stereocenters. The van der Waals surface area contributed by atoms with Crippen molar-refractivity contribution in [2.45, 2.75) is 31.7 Å². The molecule has 2 amide bonds. The van der Waals surface area contributed by atoms with Gasteiger partial charge < -0.3 is 10.1 Å². The van der Waals surface area contributed by atoms with Crippen LogP contribution in [0.5, 0.6) is 0 Å². The van der Waals surface area contributed by atoms with Gasteiger partial charge in [0.05, 0.1) is 13.2 Å². The summed E-state index contributed by atoms with van der Waals surface area (Å²) < 4.78 is 4.56. The smallest absolute Gasteiger partial charge is 0.308 e. The zero-order valence-electron chi connectivity index (χ0n) is 10.7. The lowest BCUT2D eigenvalue weighted by atomic mass is 10.1. The number of unbranched alkanes of at least 4 members (excludes halogenated alkanes) is 1. The number of carbonyl (C=O) groups is 2. The SMILES string of the molecule is COC(=O)CCCCC1=C[C@@H](NC(=O)N=[N+]=[N-])CS1. The molecule has 1 heterocycles. The number of ether oxygens (including phenoxy) is 1. The molecule has 8 heteroatoms. The number of nitrogens with zero attached hydrogens (tertiary/aromatic N) is 3. The number of esters is 1. The van der Waals surface area contributed by atoms with Crippen LogP contribution in [0.25, 0.3) is 10.4 Å². The number of allylic oxidation sites excluding steroid dienone is 1. The molecule has 0 spiro atoms. The van der Waals surface area contributed by atoms with Crippen molar-refractivity contribution in [1.29, 1.82) is 0 Å². The second kappa shape index (κ2) is 8.44. The maximum Gasteiger partial charge on any atom is 0.308 e. The van der Waals surface area contributed by atoms with Crippen LogP contribution in [-0.2, 0) is 9.53 Å². The predicted molar refractivity (Wildman–Crippen MR) is 72.5 cm³/mol. The van der Waals surface area contributed by atoms with Gasteiger partial charge in [0.25, 0.3) is 0 Å². The number of nitrogens with one attached hydrogen (secondary N) is 1. The van der Waals surface area contributed by atoms with Gasteiger partial charge in [-0.3, -0.25) is 9.59 Å². The van der Waals surface area contributed by atoms with E-state index in [1.54, 1.807) is 11.8 Å². The maximum atomic E-state index is 11.1. The average Bonchev–Trinajstić information content (AvgIpc) is 2.82. The Labute approximate surface area is 115 Å². The lowest BCUT2D eigenvalue weighted by Crippen LogP contribution is -2.31. The highest BCUT2D eigenvalue weighted by Crippen LogP contribution is 2.29. The molecule has 1 aliphatic heterocycles. The summed E-state index contributed by atoms with van der Waals surface area (Å²) in [5.74, 6) is 0.562. The molecule has 1 N–H and O–H groups in total. The van der Waals surface area contributed by atoms with Gasteiger partial charge in [0.1, 0.15) is 0 Å². The molecule has 0 saturated carbocycles. The summed E-state index contributed by atoms with van der Waals surface area (Å²) in [6.07, 6.45) is 4.99. The van der Waals surface area contributed by atoms with Gasteiger partial charge in [-0.05, 0) is 29.7 Å². The Morgan fingerprint density at radius 2 is 2.42 bits per heavy atom. The number of rotatable bonds is 6. The topological polar surface area (TPSA) is 104 Å². The molecule has 0 aromatic heterocycles. The molecule has 0 aromatic carbocycles. The monoisotopic (exact) mass is 284 g/mol. The van der Waals surface area contributed by atoms with Crippen molar-refractivity contribution in [2.75, 3.05) is 12.9 Å². The molecule has 0 aliphatic carbocycles. The molecular weight excluding hydrogens is 268 g/mol. The summed E-state index contributed by atoms with van der Waals surface area (Å²) in [4.78, 5) is 25.6. The van der Waals surface area contributed by atoms with Crippen LogP contribution in [0, 0.1) is 0 Å². The third-order valence-electron chi connectivity index (χ3n) is 2.56. The van der Waals surface area contributed by atoms with E-state index in [-0.39, 0.29) is 12.0 Å². The quantitative estimate of drug-likeness (QED) is 0.266. The fourth-order valence-corrected chi connectivity index (χ4v) is 2.78. The molecule has 0 saturated heterocycles. The first-order valence-corrected chi connectivity index (χ1v) is 6.90. The van der Waals surface area contributed by atoms with Crippen LogP contribution in [0.1, 0.15) is 25.7 Å². The van der Waals surface area contributed by atoms with E-state index in [9.17, 15) is 9.59 Å². The number of azide groups is 1. The number of amides is 2. The third-order valence-corrected chi connectivity index (χ3v) is 3.80. The van der Waals surface area contributed by atoms with Gasteiger partial charge in [-0.2, -0.15) is 0 Å². The van der Waals surface area contributed by atoms with Crippen LogP contribution in [-0.4, -0.2) is 30.9 Å². The summed E-state index contributed by atoms with van der Waals surface area (Å²) in [6, 6.07) is -0.741. The van der Waals surface area contributed by atoms with E-state index < -0.39 is 6.03 Å². The highest BCUT2D eigenvalue weighted by molar-refractivity contribution is 8.03. The van der Waals surface area contributed by atoms with E-state index in [0.29, 0.717) is 6.42 Å². The first kappa shape index (κ1) is 15.4. The lowest BCUT2D eigenvalue weighted by Gasteiger charge is -2.05. The Hall–Kier alpha value is -1.66. The van der Waals surface area contributed by atoms with E-state index in [0.717, 1.165) is 25.0 Å². The maximum absolute atomic E-state index is 11.1. The molecule has 0 radical (unpaired) electrons. The lowest BCUT2D eigenvalue weighted by molar-refractivity contribution is -0.140. The second-order valence-electron chi connectivity index (χ2n) is 3.97. The number of hydrogen-bond donors (Lipinski definition) is 1. The number of hydrogen-bond acceptors (Lipinski definition) is 4. The molecule has 7 nitrogen and oxygen atoms in total. The van der Waals surface area contributed by atoms with Crippen LogP contribution in [0.3, 0.4) is 0 Å². The summed E-state index contributed by atoms with van der Waals surface area (Å²) in [7, 11) is 1.38. The molecular formula is C11H16N4O3S. The Bertz CT molecular complexity index is 418. The summed E-state index contributed by atoms with van der Waals surface area (Å²) in [5, 5.41) is 5.55. The van der Waals surface area contributed by atoms with E-state index in [4.69, 9.17) is 5.53 Å². The second-order valence-corrected chi connectivity index (χ2v) is 5.12.